The van der Waals surface area contributed by atoms with Gasteiger partial charge in [0.05, 0.1) is 19.2 Å². The number of rotatable bonds is 7. The summed E-state index contributed by atoms with van der Waals surface area (Å²) in [6.45, 7) is 4.31. The Morgan fingerprint density at radius 1 is 1.03 bits per heavy atom. The number of methoxy groups -OCH3 is 1. The molecule has 1 saturated heterocycles. The summed E-state index contributed by atoms with van der Waals surface area (Å²) in [6, 6.07) is 22.1. The molecule has 0 amide bonds. The number of benzene rings is 2. The smallest absolute Gasteiger partial charge is 0.118 e. The zero-order valence-corrected chi connectivity index (χ0v) is 18.4. The summed E-state index contributed by atoms with van der Waals surface area (Å²) in [7, 11) is 1.72. The molecule has 3 aromatic rings. The Kier molecular flexibility index (Phi) is 7.11. The molecule has 0 spiro atoms. The maximum absolute atomic E-state index is 5.39. The molecule has 4 heteroatoms. The number of ether oxygens (including phenoxy) is 1. The van der Waals surface area contributed by atoms with Crippen LogP contribution < -0.4 is 4.74 Å². The van der Waals surface area contributed by atoms with Gasteiger partial charge < -0.3 is 4.74 Å². The van der Waals surface area contributed by atoms with Gasteiger partial charge >= 0.3 is 0 Å². The molecule has 31 heavy (non-hydrogen) atoms. The van der Waals surface area contributed by atoms with Gasteiger partial charge in [-0.05, 0) is 65.8 Å². The molecule has 0 N–H and O–H groups in total. The van der Waals surface area contributed by atoms with Crippen molar-refractivity contribution in [2.24, 2.45) is 4.99 Å². The molecule has 2 heterocycles. The van der Waals surface area contributed by atoms with E-state index in [1.807, 2.05) is 30.7 Å². The molecule has 0 radical (unpaired) electrons. The molecule has 0 bridgehead atoms. The van der Waals surface area contributed by atoms with Crippen molar-refractivity contribution in [1.29, 1.82) is 0 Å². The fraction of sp³-hybridized carbons (Fsp3) is 0.333. The summed E-state index contributed by atoms with van der Waals surface area (Å²) in [4.78, 5) is 11.5. The van der Waals surface area contributed by atoms with E-state index >= 15 is 0 Å². The first kappa shape index (κ1) is 21.3. The molecule has 1 aliphatic heterocycles. The van der Waals surface area contributed by atoms with Crippen molar-refractivity contribution in [2.45, 2.75) is 38.3 Å². The maximum atomic E-state index is 5.39. The van der Waals surface area contributed by atoms with E-state index in [-0.39, 0.29) is 6.04 Å². The second-order valence-corrected chi connectivity index (χ2v) is 8.05. The first-order chi connectivity index (χ1) is 15.3. The van der Waals surface area contributed by atoms with Crippen LogP contribution in [0.3, 0.4) is 0 Å². The third-order valence-corrected chi connectivity index (χ3v) is 6.17. The lowest BCUT2D eigenvalue weighted by Gasteiger charge is -2.38. The lowest BCUT2D eigenvalue weighted by Crippen LogP contribution is -2.39. The highest BCUT2D eigenvalue weighted by molar-refractivity contribution is 5.79. The van der Waals surface area contributed by atoms with Gasteiger partial charge in [0.2, 0.25) is 0 Å². The standard InChI is InChI=1S/C27H31N3O/c1-3-22-6-4-5-7-26(22)27(23-8-10-25(31-2)11-9-23)30-18-14-24(15-19-30)29-20-21-12-16-28-17-13-21/h4-13,16-17,20,24,27H,3,14-15,18-19H2,1-2H3. The van der Waals surface area contributed by atoms with E-state index in [4.69, 9.17) is 9.73 Å². The molecule has 1 unspecified atom stereocenters. The predicted molar refractivity (Wildman–Crippen MR) is 127 cm³/mol. The molecule has 1 fully saturated rings. The molecule has 2 aromatic carbocycles. The van der Waals surface area contributed by atoms with Crippen LogP contribution in [0.4, 0.5) is 0 Å². The number of aliphatic imine (C=N–C) groups is 1. The number of nitrogens with zero attached hydrogens (tertiary/aromatic N) is 3. The van der Waals surface area contributed by atoms with Gasteiger partial charge in [-0.25, -0.2) is 0 Å². The van der Waals surface area contributed by atoms with Gasteiger partial charge in [0.25, 0.3) is 0 Å². The Bertz CT molecular complexity index is 977. The minimum atomic E-state index is 0.257. The van der Waals surface area contributed by atoms with Gasteiger partial charge in [-0.3, -0.25) is 14.9 Å². The summed E-state index contributed by atoms with van der Waals surface area (Å²) in [5, 5.41) is 0. The molecule has 0 aliphatic carbocycles. The van der Waals surface area contributed by atoms with Crippen LogP contribution in [-0.2, 0) is 6.42 Å². The number of pyridine rings is 1. The Morgan fingerprint density at radius 3 is 2.42 bits per heavy atom. The molecule has 1 aromatic heterocycles. The Balaban J connectivity index is 1.54. The minimum Gasteiger partial charge on any atom is -0.497 e. The number of hydrogen-bond acceptors (Lipinski definition) is 4. The zero-order chi connectivity index (χ0) is 21.5. The summed E-state index contributed by atoms with van der Waals surface area (Å²) >= 11 is 0. The Labute approximate surface area is 185 Å². The number of piperidine rings is 1. The third kappa shape index (κ3) is 5.20. The monoisotopic (exact) mass is 413 g/mol. The highest BCUT2D eigenvalue weighted by atomic mass is 16.5. The Morgan fingerprint density at radius 2 is 1.74 bits per heavy atom. The highest BCUT2D eigenvalue weighted by Gasteiger charge is 2.28. The lowest BCUT2D eigenvalue weighted by atomic mass is 9.90. The van der Waals surface area contributed by atoms with E-state index in [0.717, 1.165) is 43.7 Å². The van der Waals surface area contributed by atoms with Crippen LogP contribution in [0.2, 0.25) is 0 Å². The maximum Gasteiger partial charge on any atom is 0.118 e. The van der Waals surface area contributed by atoms with Crippen LogP contribution in [0.5, 0.6) is 5.75 Å². The van der Waals surface area contributed by atoms with E-state index in [0.29, 0.717) is 6.04 Å². The van der Waals surface area contributed by atoms with Crippen molar-refractivity contribution >= 4 is 6.21 Å². The fourth-order valence-corrected chi connectivity index (χ4v) is 4.43. The Hall–Kier alpha value is -2.98. The molecule has 0 saturated carbocycles. The molecule has 4 rings (SSSR count). The van der Waals surface area contributed by atoms with Crippen molar-refractivity contribution < 1.29 is 4.74 Å². The quantitative estimate of drug-likeness (QED) is 0.492. The summed E-state index contributed by atoms with van der Waals surface area (Å²) in [5.41, 5.74) is 5.26. The molecule has 1 atom stereocenters. The van der Waals surface area contributed by atoms with Crippen molar-refractivity contribution in [3.63, 3.8) is 0 Å². The fourth-order valence-electron chi connectivity index (χ4n) is 4.43. The van der Waals surface area contributed by atoms with Crippen molar-refractivity contribution in [3.05, 3.63) is 95.3 Å². The minimum absolute atomic E-state index is 0.257. The summed E-state index contributed by atoms with van der Waals surface area (Å²) < 4.78 is 5.39. The molecule has 4 nitrogen and oxygen atoms in total. The van der Waals surface area contributed by atoms with Crippen molar-refractivity contribution in [1.82, 2.24) is 9.88 Å². The normalized spacial score (nSPS) is 16.5. The van der Waals surface area contributed by atoms with Crippen LogP contribution in [0, 0.1) is 0 Å². The molecular formula is C27H31N3O. The SMILES string of the molecule is CCc1ccccc1C(c1ccc(OC)cc1)N1CCC(N=Cc2ccncc2)CC1. The van der Waals surface area contributed by atoms with Crippen LogP contribution in [0.25, 0.3) is 0 Å². The van der Waals surface area contributed by atoms with Gasteiger partial charge in [0.1, 0.15) is 5.75 Å². The second-order valence-electron chi connectivity index (χ2n) is 8.05. The first-order valence-electron chi connectivity index (χ1n) is 11.2. The third-order valence-electron chi connectivity index (χ3n) is 6.17. The second kappa shape index (κ2) is 10.4. The zero-order valence-electron chi connectivity index (χ0n) is 18.4. The largest absolute Gasteiger partial charge is 0.497 e. The highest BCUT2D eigenvalue weighted by Crippen LogP contribution is 2.34. The van der Waals surface area contributed by atoms with E-state index in [1.54, 1.807) is 7.11 Å². The van der Waals surface area contributed by atoms with Gasteiger partial charge in [-0.2, -0.15) is 0 Å². The van der Waals surface area contributed by atoms with Crippen LogP contribution in [-0.4, -0.2) is 42.3 Å². The van der Waals surface area contributed by atoms with E-state index < -0.39 is 0 Å². The predicted octanol–water partition coefficient (Wildman–Crippen LogP) is 5.33. The summed E-state index contributed by atoms with van der Waals surface area (Å²) in [6.07, 6.45) is 8.80. The number of hydrogen-bond donors (Lipinski definition) is 0. The first-order valence-corrected chi connectivity index (χ1v) is 11.2. The van der Waals surface area contributed by atoms with Crippen molar-refractivity contribution in [2.75, 3.05) is 20.2 Å². The van der Waals surface area contributed by atoms with Crippen molar-refractivity contribution in [3.8, 4) is 5.75 Å². The van der Waals surface area contributed by atoms with E-state index in [2.05, 4.69) is 65.3 Å². The van der Waals surface area contributed by atoms with Gasteiger partial charge in [0.15, 0.2) is 0 Å². The van der Waals surface area contributed by atoms with Crippen LogP contribution in [0.15, 0.2) is 78.0 Å². The van der Waals surface area contributed by atoms with E-state index in [9.17, 15) is 0 Å². The number of aromatic nitrogens is 1. The number of likely N-dealkylation sites (tertiary alicyclic amines) is 1. The van der Waals surface area contributed by atoms with Crippen LogP contribution >= 0.6 is 0 Å². The van der Waals surface area contributed by atoms with Gasteiger partial charge in [-0.15, -0.1) is 0 Å². The molecule has 160 valence electrons. The summed E-state index contributed by atoms with van der Waals surface area (Å²) in [5.74, 6) is 0.899. The number of aryl methyl sites for hydroxylation is 1. The lowest BCUT2D eigenvalue weighted by molar-refractivity contribution is 0.175. The molecule has 1 aliphatic rings. The van der Waals surface area contributed by atoms with E-state index in [1.165, 1.54) is 16.7 Å². The van der Waals surface area contributed by atoms with Gasteiger partial charge in [-0.1, -0.05) is 43.3 Å². The average molecular weight is 414 g/mol. The van der Waals surface area contributed by atoms with Crippen LogP contribution in [0.1, 0.15) is 48.1 Å². The molecular weight excluding hydrogens is 382 g/mol. The topological polar surface area (TPSA) is 37.7 Å². The van der Waals surface area contributed by atoms with Gasteiger partial charge in [0, 0.05) is 31.7 Å². The average Bonchev–Trinajstić information content (AvgIpc) is 2.85.